The molecule has 4 aliphatic rings. The Morgan fingerprint density at radius 2 is 2.04 bits per heavy atom. The summed E-state index contributed by atoms with van der Waals surface area (Å²) >= 11 is 2.72. The minimum atomic E-state index is -1.17. The number of thiazole rings is 1. The second-order valence-electron chi connectivity index (χ2n) is 7.01. The van der Waals surface area contributed by atoms with Crippen LogP contribution in [0, 0.1) is 23.7 Å². The lowest BCUT2D eigenvalue weighted by molar-refractivity contribution is -0.154. The zero-order chi connectivity index (χ0) is 17.6. The number of rotatable bonds is 2. The van der Waals surface area contributed by atoms with E-state index < -0.39 is 23.8 Å². The molecular weight excluding hydrogens is 364 g/mol. The zero-order valence-electron chi connectivity index (χ0n) is 13.1. The smallest absolute Gasteiger partial charge is 0.326 e. The topological polar surface area (TPSA) is 108 Å². The van der Waals surface area contributed by atoms with Gasteiger partial charge in [0.25, 0.3) is 0 Å². The highest BCUT2D eigenvalue weighted by Gasteiger charge is 2.67. The van der Waals surface area contributed by atoms with Crippen LogP contribution in [0.2, 0.25) is 0 Å². The van der Waals surface area contributed by atoms with Crippen molar-refractivity contribution in [1.82, 2.24) is 9.88 Å². The number of carboxylic acid groups (broad SMARTS) is 1. The summed E-state index contributed by atoms with van der Waals surface area (Å²) < 4.78 is 0. The number of carbonyl (C=O) groups is 3. The van der Waals surface area contributed by atoms with Crippen LogP contribution in [-0.4, -0.2) is 44.1 Å². The van der Waals surface area contributed by atoms with Crippen LogP contribution < -0.4 is 4.87 Å². The Bertz CT molecular complexity index is 931. The average molecular weight is 378 g/mol. The number of aromatic amines is 1. The van der Waals surface area contributed by atoms with E-state index in [2.05, 4.69) is 4.98 Å². The lowest BCUT2D eigenvalue weighted by atomic mass is 9.77. The van der Waals surface area contributed by atoms with Crippen molar-refractivity contribution in [3.05, 3.63) is 20.1 Å². The van der Waals surface area contributed by atoms with Gasteiger partial charge < -0.3 is 10.1 Å². The minimum Gasteiger partial charge on any atom is -0.480 e. The maximum atomic E-state index is 12.8. The number of hydrogen-bond donors (Lipinski definition) is 2. The van der Waals surface area contributed by atoms with Crippen LogP contribution in [0.25, 0.3) is 6.08 Å². The number of amides is 2. The molecule has 130 valence electrons. The Hall–Kier alpha value is -1.87. The van der Waals surface area contributed by atoms with E-state index in [0.29, 0.717) is 0 Å². The Kier molecular flexibility index (Phi) is 2.99. The van der Waals surface area contributed by atoms with Crippen molar-refractivity contribution in [2.75, 3.05) is 0 Å². The molecule has 3 heterocycles. The van der Waals surface area contributed by atoms with E-state index in [4.69, 9.17) is 0 Å². The van der Waals surface area contributed by atoms with Gasteiger partial charge in [0.05, 0.1) is 21.7 Å². The van der Waals surface area contributed by atoms with Gasteiger partial charge in [0, 0.05) is 5.25 Å². The first kappa shape index (κ1) is 15.4. The Morgan fingerprint density at radius 3 is 2.76 bits per heavy atom. The fraction of sp³-hybridized carbons (Fsp3) is 0.500. The molecule has 5 rings (SSSR count). The molecule has 0 spiro atoms. The fourth-order valence-electron chi connectivity index (χ4n) is 4.93. The molecular formula is C16H14N2O5S2. The summed E-state index contributed by atoms with van der Waals surface area (Å²) in [5.41, 5.74) is 1.13. The number of thioether (sulfide) groups is 1. The summed E-state index contributed by atoms with van der Waals surface area (Å²) in [4.78, 5) is 53.1. The molecule has 2 N–H and O–H groups in total. The largest absolute Gasteiger partial charge is 0.480 e. The van der Waals surface area contributed by atoms with Crippen LogP contribution in [0.3, 0.4) is 0 Å². The molecule has 2 aliphatic heterocycles. The Morgan fingerprint density at radius 1 is 1.32 bits per heavy atom. The highest BCUT2D eigenvalue weighted by molar-refractivity contribution is 8.00. The van der Waals surface area contributed by atoms with E-state index in [1.54, 1.807) is 11.8 Å². The monoisotopic (exact) mass is 378 g/mol. The fourth-order valence-corrected chi connectivity index (χ4v) is 7.37. The molecule has 0 aromatic carbocycles. The van der Waals surface area contributed by atoms with Crippen molar-refractivity contribution >= 4 is 47.0 Å². The van der Waals surface area contributed by atoms with E-state index >= 15 is 0 Å². The van der Waals surface area contributed by atoms with Gasteiger partial charge in [0.15, 0.2) is 0 Å². The molecule has 0 unspecified atom stereocenters. The average Bonchev–Trinajstić information content (AvgIpc) is 3.25. The van der Waals surface area contributed by atoms with Gasteiger partial charge >= 0.3 is 10.8 Å². The molecule has 1 aromatic heterocycles. The van der Waals surface area contributed by atoms with Gasteiger partial charge in [0.2, 0.25) is 11.8 Å². The van der Waals surface area contributed by atoms with Crippen molar-refractivity contribution in [2.45, 2.75) is 29.7 Å². The molecule has 0 radical (unpaired) electrons. The van der Waals surface area contributed by atoms with E-state index in [0.717, 1.165) is 38.1 Å². The van der Waals surface area contributed by atoms with Gasteiger partial charge in [0.1, 0.15) is 6.04 Å². The van der Waals surface area contributed by atoms with Crippen LogP contribution in [0.15, 0.2) is 15.4 Å². The number of aliphatic carboxylic acids is 1. The predicted molar refractivity (Wildman–Crippen MR) is 90.1 cm³/mol. The lowest BCUT2D eigenvalue weighted by Crippen LogP contribution is -2.44. The first-order chi connectivity index (χ1) is 11.9. The van der Waals surface area contributed by atoms with Crippen molar-refractivity contribution in [1.29, 1.82) is 0 Å². The minimum absolute atomic E-state index is 0.0187. The third-order valence-corrected chi connectivity index (χ3v) is 8.32. The molecule has 9 heteroatoms. The molecule has 1 saturated heterocycles. The van der Waals surface area contributed by atoms with Crippen LogP contribution >= 0.6 is 23.1 Å². The Balaban J connectivity index is 1.55. The van der Waals surface area contributed by atoms with E-state index in [1.807, 2.05) is 6.08 Å². The van der Waals surface area contributed by atoms with E-state index in [1.165, 1.54) is 6.92 Å². The molecule has 2 saturated carbocycles. The molecule has 2 amide bonds. The summed E-state index contributed by atoms with van der Waals surface area (Å²) in [5.74, 6) is -2.75. The van der Waals surface area contributed by atoms with E-state index in [-0.39, 0.29) is 33.8 Å². The van der Waals surface area contributed by atoms with Crippen LogP contribution in [0.1, 0.15) is 18.2 Å². The highest BCUT2D eigenvalue weighted by Crippen LogP contribution is 2.64. The summed E-state index contributed by atoms with van der Waals surface area (Å²) in [6, 6.07) is -1.13. The number of H-pyrrole nitrogens is 1. The number of fused-ring (bicyclic) bond motifs is 9. The van der Waals surface area contributed by atoms with Crippen molar-refractivity contribution in [2.24, 2.45) is 23.7 Å². The van der Waals surface area contributed by atoms with Gasteiger partial charge in [-0.2, -0.15) is 0 Å². The van der Waals surface area contributed by atoms with Gasteiger partial charge in [-0.25, -0.2) is 4.79 Å². The first-order valence-corrected chi connectivity index (χ1v) is 9.79. The summed E-state index contributed by atoms with van der Waals surface area (Å²) in [7, 11) is 0. The van der Waals surface area contributed by atoms with Gasteiger partial charge in [-0.05, 0) is 31.3 Å². The highest BCUT2D eigenvalue weighted by atomic mass is 32.2. The number of carboxylic acids is 1. The number of likely N-dealkylation sites (tertiary alicyclic amines) is 1. The van der Waals surface area contributed by atoms with Crippen molar-refractivity contribution < 1.29 is 19.5 Å². The van der Waals surface area contributed by atoms with Gasteiger partial charge in [-0.15, -0.1) is 0 Å². The number of carbonyl (C=O) groups excluding carboxylic acids is 2. The molecule has 3 fully saturated rings. The molecule has 6 atom stereocenters. The Labute approximate surface area is 150 Å². The second kappa shape index (κ2) is 4.85. The summed E-state index contributed by atoms with van der Waals surface area (Å²) in [6.07, 6.45) is 2.78. The number of nitrogens with one attached hydrogen (secondary N) is 1. The number of hydrogen-bond acceptors (Lipinski definition) is 6. The second-order valence-corrected chi connectivity index (χ2v) is 9.18. The molecule has 25 heavy (non-hydrogen) atoms. The molecule has 1 aromatic rings. The lowest BCUT2D eigenvalue weighted by Gasteiger charge is -2.32. The van der Waals surface area contributed by atoms with Crippen molar-refractivity contribution in [3.63, 3.8) is 0 Å². The van der Waals surface area contributed by atoms with Crippen LogP contribution in [-0.2, 0) is 14.4 Å². The standard InChI is InChI=1S/C16H14N2O5S2/c1-4(15(21)22)18-13(19)9-5-2-7(10(9)14(18)20)11-6(5)3-8-12(25-11)17-16(23)24-8/h3-5,7,9-11H,2H2,1H3,(H,17,23)(H,21,22)/t4-,5+,7-,9-,10+,11+/m1/s1. The van der Waals surface area contributed by atoms with Gasteiger partial charge in [-0.1, -0.05) is 28.7 Å². The van der Waals surface area contributed by atoms with Gasteiger partial charge in [-0.3, -0.25) is 19.3 Å². The predicted octanol–water partition coefficient (Wildman–Crippen LogP) is 1.02. The van der Waals surface area contributed by atoms with Crippen LogP contribution in [0.4, 0.5) is 0 Å². The zero-order valence-corrected chi connectivity index (χ0v) is 14.7. The van der Waals surface area contributed by atoms with Crippen LogP contribution in [0.5, 0.6) is 0 Å². The van der Waals surface area contributed by atoms with E-state index in [9.17, 15) is 24.3 Å². The molecule has 7 nitrogen and oxygen atoms in total. The third kappa shape index (κ3) is 1.82. The SMILES string of the molecule is C[C@H](C(=O)O)N1C(=O)[C@H]2[C@H]3C[C@@H](C4=Cc5sc(=O)[nH]c5S[C@@H]43)[C@H]2C1=O. The first-order valence-electron chi connectivity index (χ1n) is 8.09. The third-order valence-electron chi connectivity index (χ3n) is 5.93. The maximum absolute atomic E-state index is 12.8. The normalized spacial score (nSPS) is 36.1. The molecule has 2 bridgehead atoms. The molecule has 2 aliphatic carbocycles. The maximum Gasteiger partial charge on any atom is 0.326 e. The summed E-state index contributed by atoms with van der Waals surface area (Å²) in [5, 5.41) is 10.1. The van der Waals surface area contributed by atoms with Crippen molar-refractivity contribution in [3.8, 4) is 0 Å². The number of aromatic nitrogens is 1. The number of imide groups is 1. The summed E-state index contributed by atoms with van der Waals surface area (Å²) in [6.45, 7) is 1.38. The number of nitrogens with zero attached hydrogens (tertiary/aromatic N) is 1. The quantitative estimate of drug-likeness (QED) is 0.744.